The monoisotopic (exact) mass is 346 g/mol. The number of aromatic amines is 1. The molecule has 1 amide bonds. The minimum absolute atomic E-state index is 0.104. The molecule has 0 atom stereocenters. The highest BCUT2D eigenvalue weighted by atomic mass is 79.9. The number of hydrogen-bond acceptors (Lipinski definition) is 2. The average Bonchev–Trinajstić information content (AvgIpc) is 2.93. The minimum Gasteiger partial charge on any atom is -0.477 e. The van der Waals surface area contributed by atoms with Gasteiger partial charge in [0.25, 0.3) is 5.91 Å². The molecule has 0 unspecified atom stereocenters. The minimum atomic E-state index is -1.03. The van der Waals surface area contributed by atoms with Crippen molar-refractivity contribution in [2.24, 2.45) is 0 Å². The molecular formula is C15H11BrN2O3. The predicted molar refractivity (Wildman–Crippen MR) is 83.1 cm³/mol. The summed E-state index contributed by atoms with van der Waals surface area (Å²) < 4.78 is 0.873. The molecule has 0 saturated carbocycles. The fourth-order valence-electron chi connectivity index (χ4n) is 2.29. The average molecular weight is 347 g/mol. The molecule has 0 radical (unpaired) electrons. The fraction of sp³-hybridized carbons (Fsp3) is 0.0667. The summed E-state index contributed by atoms with van der Waals surface area (Å²) in [6.07, 6.45) is 1.68. The topological polar surface area (TPSA) is 82.2 Å². The Morgan fingerprint density at radius 1 is 1.33 bits per heavy atom. The van der Waals surface area contributed by atoms with Crippen molar-refractivity contribution in [2.45, 2.75) is 6.92 Å². The second-order valence-corrected chi connectivity index (χ2v) is 5.70. The highest BCUT2D eigenvalue weighted by Gasteiger charge is 2.24. The summed E-state index contributed by atoms with van der Waals surface area (Å²) in [6.45, 7) is 1.80. The van der Waals surface area contributed by atoms with Crippen molar-refractivity contribution < 1.29 is 14.7 Å². The summed E-state index contributed by atoms with van der Waals surface area (Å²) in [6, 6.07) is 7.08. The molecule has 6 heteroatoms. The zero-order chi connectivity index (χ0) is 15.1. The van der Waals surface area contributed by atoms with Gasteiger partial charge in [-0.05, 0) is 42.8 Å². The van der Waals surface area contributed by atoms with E-state index in [-0.39, 0.29) is 11.6 Å². The Labute approximate surface area is 128 Å². The van der Waals surface area contributed by atoms with Gasteiger partial charge in [0.2, 0.25) is 0 Å². The molecule has 1 aromatic carbocycles. The lowest BCUT2D eigenvalue weighted by molar-refractivity contribution is -0.110. The summed E-state index contributed by atoms with van der Waals surface area (Å²) in [4.78, 5) is 25.9. The summed E-state index contributed by atoms with van der Waals surface area (Å²) in [5.41, 5.74) is 3.54. The maximum atomic E-state index is 12.1. The van der Waals surface area contributed by atoms with Gasteiger partial charge in [-0.2, -0.15) is 0 Å². The number of nitrogens with one attached hydrogen (secondary N) is 2. The lowest BCUT2D eigenvalue weighted by Gasteiger charge is -1.99. The number of carbonyl (C=O) groups excluding carboxylic acids is 1. The van der Waals surface area contributed by atoms with E-state index in [9.17, 15) is 9.59 Å². The van der Waals surface area contributed by atoms with Crippen molar-refractivity contribution in [2.75, 3.05) is 5.32 Å². The van der Waals surface area contributed by atoms with Crippen LogP contribution in [0.2, 0.25) is 0 Å². The lowest BCUT2D eigenvalue weighted by Crippen LogP contribution is -2.03. The fourth-order valence-corrected chi connectivity index (χ4v) is 2.65. The molecule has 1 aromatic heterocycles. The number of aromatic nitrogens is 1. The molecule has 3 rings (SSSR count). The normalized spacial score (nSPS) is 15.1. The maximum Gasteiger partial charge on any atom is 0.352 e. The number of rotatable bonds is 2. The highest BCUT2D eigenvalue weighted by molar-refractivity contribution is 9.10. The molecule has 0 saturated heterocycles. The SMILES string of the molecule is Cc1cc(C(=O)O)[nH]c1/C=C1\C(=O)Nc2ccc(Br)cc21. The van der Waals surface area contributed by atoms with Gasteiger partial charge in [-0.3, -0.25) is 4.79 Å². The predicted octanol–water partition coefficient (Wildman–Crippen LogP) is 3.28. The summed E-state index contributed by atoms with van der Waals surface area (Å²) in [7, 11) is 0. The van der Waals surface area contributed by atoms with E-state index >= 15 is 0 Å². The third-order valence-electron chi connectivity index (χ3n) is 3.34. The molecule has 106 valence electrons. The van der Waals surface area contributed by atoms with Crippen LogP contribution in [-0.4, -0.2) is 22.0 Å². The first-order chi connectivity index (χ1) is 9.95. The molecule has 5 nitrogen and oxygen atoms in total. The van der Waals surface area contributed by atoms with Gasteiger partial charge in [0.05, 0.1) is 5.57 Å². The molecule has 1 aliphatic heterocycles. The number of anilines is 1. The van der Waals surface area contributed by atoms with Crippen LogP contribution in [-0.2, 0) is 4.79 Å². The standard InChI is InChI=1S/C15H11BrN2O3/c1-7-4-13(15(20)21)17-12(7)6-10-9-5-8(16)2-3-11(9)18-14(10)19/h2-6,17H,1H3,(H,18,19)(H,20,21)/b10-6-. The van der Waals surface area contributed by atoms with Gasteiger partial charge in [0.15, 0.2) is 0 Å². The van der Waals surface area contributed by atoms with Crippen molar-refractivity contribution in [1.82, 2.24) is 4.98 Å². The van der Waals surface area contributed by atoms with Crippen LogP contribution in [0.25, 0.3) is 11.6 Å². The number of hydrogen-bond donors (Lipinski definition) is 3. The van der Waals surface area contributed by atoms with Gasteiger partial charge in [0.1, 0.15) is 5.69 Å². The molecule has 0 fully saturated rings. The van der Waals surface area contributed by atoms with Crippen LogP contribution >= 0.6 is 15.9 Å². The summed E-state index contributed by atoms with van der Waals surface area (Å²) >= 11 is 3.38. The second kappa shape index (κ2) is 4.89. The maximum absolute atomic E-state index is 12.1. The van der Waals surface area contributed by atoms with Gasteiger partial charge >= 0.3 is 5.97 Å². The number of carbonyl (C=O) groups is 2. The number of carboxylic acid groups (broad SMARTS) is 1. The van der Waals surface area contributed by atoms with E-state index in [0.29, 0.717) is 11.3 Å². The van der Waals surface area contributed by atoms with E-state index in [2.05, 4.69) is 26.2 Å². The Morgan fingerprint density at radius 2 is 2.10 bits per heavy atom. The van der Waals surface area contributed by atoms with Crippen molar-refractivity contribution in [3.05, 3.63) is 51.3 Å². The number of fused-ring (bicyclic) bond motifs is 1. The molecule has 3 N–H and O–H groups in total. The largest absolute Gasteiger partial charge is 0.477 e. The number of carboxylic acids is 1. The number of H-pyrrole nitrogens is 1. The molecule has 2 aromatic rings. The van der Waals surface area contributed by atoms with Crippen LogP contribution in [0.1, 0.15) is 27.3 Å². The Morgan fingerprint density at radius 3 is 2.76 bits per heavy atom. The van der Waals surface area contributed by atoms with Crippen LogP contribution in [0.4, 0.5) is 5.69 Å². The van der Waals surface area contributed by atoms with Crippen molar-refractivity contribution in [3.8, 4) is 0 Å². The van der Waals surface area contributed by atoms with Crippen molar-refractivity contribution in [1.29, 1.82) is 0 Å². The van der Waals surface area contributed by atoms with Crippen molar-refractivity contribution in [3.63, 3.8) is 0 Å². The van der Waals surface area contributed by atoms with Crippen LogP contribution in [0.5, 0.6) is 0 Å². The van der Waals surface area contributed by atoms with Crippen LogP contribution in [0.3, 0.4) is 0 Å². The summed E-state index contributed by atoms with van der Waals surface area (Å²) in [5, 5.41) is 11.8. The van der Waals surface area contributed by atoms with Gasteiger partial charge in [0, 0.05) is 21.4 Å². The first-order valence-electron chi connectivity index (χ1n) is 6.21. The Kier molecular flexibility index (Phi) is 3.17. The number of benzene rings is 1. The number of amides is 1. The van der Waals surface area contributed by atoms with Gasteiger partial charge < -0.3 is 15.4 Å². The molecule has 0 spiro atoms. The van der Waals surface area contributed by atoms with Gasteiger partial charge in [-0.25, -0.2) is 4.79 Å². The molecular weight excluding hydrogens is 336 g/mol. The number of aromatic carboxylic acids is 1. The Hall–Kier alpha value is -2.34. The quantitative estimate of drug-likeness (QED) is 0.729. The van der Waals surface area contributed by atoms with Crippen LogP contribution in [0.15, 0.2) is 28.7 Å². The zero-order valence-corrected chi connectivity index (χ0v) is 12.6. The van der Waals surface area contributed by atoms with E-state index in [1.54, 1.807) is 19.1 Å². The highest BCUT2D eigenvalue weighted by Crippen LogP contribution is 2.35. The molecule has 1 aliphatic rings. The molecule has 0 aliphatic carbocycles. The van der Waals surface area contributed by atoms with Crippen LogP contribution < -0.4 is 5.32 Å². The Balaban J connectivity index is 2.11. The number of halogens is 1. The third-order valence-corrected chi connectivity index (χ3v) is 3.83. The third kappa shape index (κ3) is 2.38. The molecule has 0 bridgehead atoms. The van der Waals surface area contributed by atoms with E-state index in [4.69, 9.17) is 5.11 Å². The smallest absolute Gasteiger partial charge is 0.352 e. The van der Waals surface area contributed by atoms with Gasteiger partial charge in [-0.15, -0.1) is 0 Å². The van der Waals surface area contributed by atoms with E-state index < -0.39 is 5.97 Å². The lowest BCUT2D eigenvalue weighted by atomic mass is 10.1. The first-order valence-corrected chi connectivity index (χ1v) is 7.01. The molecule has 21 heavy (non-hydrogen) atoms. The zero-order valence-electron chi connectivity index (χ0n) is 11.0. The van der Waals surface area contributed by atoms with Crippen molar-refractivity contribution >= 4 is 45.1 Å². The second-order valence-electron chi connectivity index (χ2n) is 4.79. The number of aryl methyl sites for hydroxylation is 1. The summed E-state index contributed by atoms with van der Waals surface area (Å²) in [5.74, 6) is -1.23. The van der Waals surface area contributed by atoms with Crippen LogP contribution in [0, 0.1) is 6.92 Å². The van der Waals surface area contributed by atoms with E-state index in [1.165, 1.54) is 0 Å². The molecule has 2 heterocycles. The Bertz CT molecular complexity index is 805. The van der Waals surface area contributed by atoms with Gasteiger partial charge in [-0.1, -0.05) is 15.9 Å². The first kappa shape index (κ1) is 13.6. The van der Waals surface area contributed by atoms with E-state index in [1.807, 2.05) is 18.2 Å². The van der Waals surface area contributed by atoms with E-state index in [0.717, 1.165) is 21.3 Å².